The number of benzene rings is 1. The summed E-state index contributed by atoms with van der Waals surface area (Å²) in [5.74, 6) is 1.95. The van der Waals surface area contributed by atoms with Crippen LogP contribution in [0.25, 0.3) is 0 Å². The largest absolute Gasteiger partial charge is 0.485 e. The van der Waals surface area contributed by atoms with Gasteiger partial charge in [0.1, 0.15) is 5.75 Å². The van der Waals surface area contributed by atoms with Gasteiger partial charge < -0.3 is 14.6 Å². The van der Waals surface area contributed by atoms with Crippen molar-refractivity contribution in [2.24, 2.45) is 0 Å². The predicted octanol–water partition coefficient (Wildman–Crippen LogP) is 2.14. The van der Waals surface area contributed by atoms with Crippen molar-refractivity contribution in [1.82, 2.24) is 20.4 Å². The highest BCUT2D eigenvalue weighted by Gasteiger charge is 2.18. The summed E-state index contributed by atoms with van der Waals surface area (Å²) in [6.07, 6.45) is 2.53. The molecule has 1 aliphatic rings. The summed E-state index contributed by atoms with van der Waals surface area (Å²) in [5.41, 5.74) is 1.31. The van der Waals surface area contributed by atoms with Crippen molar-refractivity contribution >= 4 is 0 Å². The molecule has 0 bridgehead atoms. The first-order valence-corrected chi connectivity index (χ1v) is 8.13. The molecule has 3 rings (SSSR count). The van der Waals surface area contributed by atoms with Gasteiger partial charge in [0.25, 0.3) is 0 Å². The Labute approximate surface area is 136 Å². The lowest BCUT2D eigenvalue weighted by atomic mass is 10.1. The second-order valence-electron chi connectivity index (χ2n) is 6.03. The van der Waals surface area contributed by atoms with Crippen LogP contribution in [0.2, 0.25) is 0 Å². The van der Waals surface area contributed by atoms with Gasteiger partial charge in [0.2, 0.25) is 11.7 Å². The van der Waals surface area contributed by atoms with Crippen molar-refractivity contribution < 1.29 is 9.26 Å². The summed E-state index contributed by atoms with van der Waals surface area (Å²) >= 11 is 0. The summed E-state index contributed by atoms with van der Waals surface area (Å²) in [7, 11) is 2.05. The van der Waals surface area contributed by atoms with E-state index in [4.69, 9.17) is 9.26 Å². The van der Waals surface area contributed by atoms with Crippen molar-refractivity contribution in [3.8, 4) is 5.75 Å². The molecule has 2 aromatic rings. The Morgan fingerprint density at radius 3 is 2.87 bits per heavy atom. The van der Waals surface area contributed by atoms with E-state index in [1.54, 1.807) is 6.92 Å². The average molecular weight is 316 g/mol. The zero-order valence-electron chi connectivity index (χ0n) is 13.8. The number of piperidine rings is 1. The van der Waals surface area contributed by atoms with Crippen LogP contribution in [-0.4, -0.2) is 41.2 Å². The average Bonchev–Trinajstić information content (AvgIpc) is 3.00. The number of ether oxygens (including phenoxy) is 1. The van der Waals surface area contributed by atoms with E-state index in [9.17, 15) is 0 Å². The zero-order chi connectivity index (χ0) is 16.1. The molecular weight excluding hydrogens is 292 g/mol. The number of likely N-dealkylation sites (tertiary alicyclic amines) is 1. The van der Waals surface area contributed by atoms with E-state index in [0.717, 1.165) is 18.8 Å². The number of aromatic nitrogens is 2. The Morgan fingerprint density at radius 2 is 2.17 bits per heavy atom. The molecule has 1 aromatic carbocycles. The second kappa shape index (κ2) is 7.57. The maximum atomic E-state index is 5.68. The molecule has 6 heteroatoms. The molecule has 0 spiro atoms. The zero-order valence-corrected chi connectivity index (χ0v) is 13.8. The minimum Gasteiger partial charge on any atom is -0.485 e. The summed E-state index contributed by atoms with van der Waals surface area (Å²) in [5, 5.41) is 7.20. The van der Waals surface area contributed by atoms with Crippen molar-refractivity contribution in [2.45, 2.75) is 39.0 Å². The predicted molar refractivity (Wildman–Crippen MR) is 87.2 cm³/mol. The van der Waals surface area contributed by atoms with Gasteiger partial charge in [-0.3, -0.25) is 4.90 Å². The molecule has 0 radical (unpaired) electrons. The van der Waals surface area contributed by atoms with E-state index >= 15 is 0 Å². The van der Waals surface area contributed by atoms with Gasteiger partial charge in [-0.1, -0.05) is 17.3 Å². The fourth-order valence-corrected chi connectivity index (χ4v) is 2.93. The SMILES string of the molecule is CNC1CCCN(Cc2ccc(OCc3noc(C)n3)cc2)C1. The van der Waals surface area contributed by atoms with Gasteiger partial charge >= 0.3 is 0 Å². The number of aryl methyl sites for hydroxylation is 1. The van der Waals surface area contributed by atoms with Gasteiger partial charge in [-0.2, -0.15) is 4.98 Å². The molecule has 1 unspecified atom stereocenters. The minimum atomic E-state index is 0.326. The number of nitrogens with one attached hydrogen (secondary N) is 1. The molecule has 1 aliphatic heterocycles. The van der Waals surface area contributed by atoms with Gasteiger partial charge in [0.15, 0.2) is 6.61 Å². The van der Waals surface area contributed by atoms with E-state index in [1.807, 2.05) is 19.2 Å². The first-order chi connectivity index (χ1) is 11.2. The number of likely N-dealkylation sites (N-methyl/N-ethyl adjacent to an activating group) is 1. The number of rotatable bonds is 6. The fraction of sp³-hybridized carbons (Fsp3) is 0.529. The third-order valence-electron chi connectivity index (χ3n) is 4.18. The van der Waals surface area contributed by atoms with Crippen LogP contribution in [0.1, 0.15) is 30.1 Å². The first-order valence-electron chi connectivity index (χ1n) is 8.13. The van der Waals surface area contributed by atoms with Crippen molar-refractivity contribution in [3.05, 3.63) is 41.5 Å². The van der Waals surface area contributed by atoms with Crippen LogP contribution in [0.15, 0.2) is 28.8 Å². The number of hydrogen-bond donors (Lipinski definition) is 1. The quantitative estimate of drug-likeness (QED) is 0.881. The minimum absolute atomic E-state index is 0.326. The highest BCUT2D eigenvalue weighted by molar-refractivity contribution is 5.27. The Morgan fingerprint density at radius 1 is 1.35 bits per heavy atom. The molecule has 2 heterocycles. The smallest absolute Gasteiger partial charge is 0.223 e. The normalized spacial score (nSPS) is 19.0. The monoisotopic (exact) mass is 316 g/mol. The van der Waals surface area contributed by atoms with E-state index in [1.165, 1.54) is 24.9 Å². The number of nitrogens with zero attached hydrogens (tertiary/aromatic N) is 3. The maximum Gasteiger partial charge on any atom is 0.223 e. The van der Waals surface area contributed by atoms with Crippen LogP contribution in [0.3, 0.4) is 0 Å². The molecule has 1 fully saturated rings. The second-order valence-corrected chi connectivity index (χ2v) is 6.03. The maximum absolute atomic E-state index is 5.68. The molecular formula is C17H24N4O2. The van der Waals surface area contributed by atoms with Gasteiger partial charge in [-0.25, -0.2) is 0 Å². The Bertz CT molecular complexity index is 611. The third-order valence-corrected chi connectivity index (χ3v) is 4.18. The van der Waals surface area contributed by atoms with Gasteiger partial charge in [0, 0.05) is 26.1 Å². The molecule has 1 saturated heterocycles. The van der Waals surface area contributed by atoms with Crippen LogP contribution in [0.5, 0.6) is 5.75 Å². The van der Waals surface area contributed by atoms with Crippen molar-refractivity contribution in [1.29, 1.82) is 0 Å². The molecule has 1 atom stereocenters. The lowest BCUT2D eigenvalue weighted by Gasteiger charge is -2.32. The molecule has 0 aliphatic carbocycles. The van der Waals surface area contributed by atoms with Crippen molar-refractivity contribution in [2.75, 3.05) is 20.1 Å². The lowest BCUT2D eigenvalue weighted by molar-refractivity contribution is 0.188. The highest BCUT2D eigenvalue weighted by Crippen LogP contribution is 2.17. The summed E-state index contributed by atoms with van der Waals surface area (Å²) < 4.78 is 10.6. The van der Waals surface area contributed by atoms with E-state index in [0.29, 0.717) is 24.4 Å². The fourth-order valence-electron chi connectivity index (χ4n) is 2.93. The molecule has 6 nitrogen and oxygen atoms in total. The van der Waals surface area contributed by atoms with Gasteiger partial charge in [0.05, 0.1) is 0 Å². The van der Waals surface area contributed by atoms with E-state index < -0.39 is 0 Å². The van der Waals surface area contributed by atoms with Crippen LogP contribution in [-0.2, 0) is 13.2 Å². The van der Waals surface area contributed by atoms with Crippen LogP contribution < -0.4 is 10.1 Å². The molecule has 0 saturated carbocycles. The molecule has 1 aromatic heterocycles. The summed E-state index contributed by atoms with van der Waals surface area (Å²) in [6.45, 7) is 5.37. The molecule has 1 N–H and O–H groups in total. The number of hydrogen-bond acceptors (Lipinski definition) is 6. The summed E-state index contributed by atoms with van der Waals surface area (Å²) in [6, 6.07) is 8.87. The third kappa shape index (κ3) is 4.53. The van der Waals surface area contributed by atoms with Gasteiger partial charge in [-0.15, -0.1) is 0 Å². The molecule has 124 valence electrons. The highest BCUT2D eigenvalue weighted by atomic mass is 16.5. The van der Waals surface area contributed by atoms with Gasteiger partial charge in [-0.05, 0) is 44.1 Å². The summed E-state index contributed by atoms with van der Waals surface area (Å²) in [4.78, 5) is 6.62. The Balaban J connectivity index is 1.50. The Hall–Kier alpha value is -1.92. The lowest BCUT2D eigenvalue weighted by Crippen LogP contribution is -2.43. The molecule has 23 heavy (non-hydrogen) atoms. The van der Waals surface area contributed by atoms with Crippen LogP contribution >= 0.6 is 0 Å². The Kier molecular flexibility index (Phi) is 5.25. The topological polar surface area (TPSA) is 63.4 Å². The van der Waals surface area contributed by atoms with E-state index in [-0.39, 0.29) is 0 Å². The first kappa shape index (κ1) is 16.0. The standard InChI is InChI=1S/C17H24N4O2/c1-13-19-17(20-23-13)12-22-16-7-5-14(6-8-16)10-21-9-3-4-15(11-21)18-2/h5-8,15,18H,3-4,9-12H2,1-2H3. The van der Waals surface area contributed by atoms with Crippen LogP contribution in [0.4, 0.5) is 0 Å². The molecule has 0 amide bonds. The van der Waals surface area contributed by atoms with E-state index in [2.05, 4.69) is 32.5 Å². The van der Waals surface area contributed by atoms with Crippen LogP contribution in [0, 0.1) is 6.92 Å². The van der Waals surface area contributed by atoms with Crippen molar-refractivity contribution in [3.63, 3.8) is 0 Å².